The molecule has 2 aromatic carbocycles. The van der Waals surface area contributed by atoms with Crippen molar-refractivity contribution in [2.75, 3.05) is 19.0 Å². The third-order valence-electron chi connectivity index (χ3n) is 3.74. The molecule has 0 radical (unpaired) electrons. The number of benzene rings is 2. The van der Waals surface area contributed by atoms with Crippen molar-refractivity contribution in [1.29, 1.82) is 0 Å². The highest BCUT2D eigenvalue weighted by Gasteiger charge is 2.05. The molecule has 25 heavy (non-hydrogen) atoms. The summed E-state index contributed by atoms with van der Waals surface area (Å²) in [7, 11) is 1.63. The zero-order valence-corrected chi connectivity index (χ0v) is 17.5. The second-order valence-electron chi connectivity index (χ2n) is 5.54. The molecule has 0 unspecified atom stereocenters. The van der Waals surface area contributed by atoms with Crippen LogP contribution in [0.15, 0.2) is 41.4 Å². The molecule has 6 heteroatoms. The van der Waals surface area contributed by atoms with Crippen molar-refractivity contribution in [3.8, 4) is 11.5 Å². The van der Waals surface area contributed by atoms with Gasteiger partial charge in [-0.2, -0.15) is 0 Å². The lowest BCUT2D eigenvalue weighted by Gasteiger charge is -2.11. The molecule has 0 saturated heterocycles. The van der Waals surface area contributed by atoms with Crippen LogP contribution in [0.5, 0.6) is 11.5 Å². The topological polar surface area (TPSA) is 68.9 Å². The number of hydrogen-bond donors (Lipinski definition) is 2. The number of nitrogens with one attached hydrogen (secondary N) is 1. The smallest absolute Gasteiger partial charge is 0.193 e. The van der Waals surface area contributed by atoms with Crippen LogP contribution in [0.4, 0.5) is 5.69 Å². The number of nitrogens with two attached hydrogens (primary N) is 1. The first-order chi connectivity index (χ1) is 11.5. The molecule has 0 aromatic heterocycles. The summed E-state index contributed by atoms with van der Waals surface area (Å²) in [5.41, 5.74) is 10.4. The highest BCUT2D eigenvalue weighted by Crippen LogP contribution is 2.28. The Balaban J connectivity index is 0.00000312. The van der Waals surface area contributed by atoms with E-state index in [-0.39, 0.29) is 24.0 Å². The SMILES string of the molecule is CCOc1ccc(CN=C(N)Nc2ccc(C)c(C)c2)cc1OC.I. The monoisotopic (exact) mass is 455 g/mol. The average Bonchev–Trinajstić information content (AvgIpc) is 2.57. The number of ether oxygens (including phenoxy) is 2. The first-order valence-corrected chi connectivity index (χ1v) is 7.97. The summed E-state index contributed by atoms with van der Waals surface area (Å²) in [5.74, 6) is 1.81. The minimum atomic E-state index is 0. The van der Waals surface area contributed by atoms with Gasteiger partial charge in [0.2, 0.25) is 0 Å². The maximum atomic E-state index is 5.97. The third kappa shape index (κ3) is 6.12. The van der Waals surface area contributed by atoms with Gasteiger partial charge in [-0.3, -0.25) is 0 Å². The van der Waals surface area contributed by atoms with E-state index < -0.39 is 0 Å². The second-order valence-corrected chi connectivity index (χ2v) is 5.54. The molecule has 0 saturated carbocycles. The molecular formula is C19H26IN3O2. The van der Waals surface area contributed by atoms with Crippen molar-refractivity contribution in [3.63, 3.8) is 0 Å². The van der Waals surface area contributed by atoms with E-state index in [0.717, 1.165) is 17.0 Å². The fourth-order valence-corrected chi connectivity index (χ4v) is 2.27. The van der Waals surface area contributed by atoms with E-state index in [1.54, 1.807) is 7.11 Å². The molecule has 2 rings (SSSR count). The minimum absolute atomic E-state index is 0. The molecule has 2 aromatic rings. The molecule has 0 aliphatic carbocycles. The van der Waals surface area contributed by atoms with Gasteiger partial charge in [0.1, 0.15) is 0 Å². The fourth-order valence-electron chi connectivity index (χ4n) is 2.27. The van der Waals surface area contributed by atoms with Crippen LogP contribution < -0.4 is 20.5 Å². The molecule has 0 bridgehead atoms. The quantitative estimate of drug-likeness (QED) is 0.388. The van der Waals surface area contributed by atoms with Crippen LogP contribution in [0, 0.1) is 13.8 Å². The van der Waals surface area contributed by atoms with E-state index in [4.69, 9.17) is 15.2 Å². The number of guanidine groups is 1. The molecule has 0 spiro atoms. The lowest BCUT2D eigenvalue weighted by molar-refractivity contribution is 0.310. The number of aliphatic imine (C=N–C) groups is 1. The number of methoxy groups -OCH3 is 1. The van der Waals surface area contributed by atoms with Crippen molar-refractivity contribution < 1.29 is 9.47 Å². The van der Waals surface area contributed by atoms with Crippen molar-refractivity contribution in [2.45, 2.75) is 27.3 Å². The molecule has 136 valence electrons. The zero-order chi connectivity index (χ0) is 17.5. The van der Waals surface area contributed by atoms with Crippen molar-refractivity contribution in [1.82, 2.24) is 0 Å². The van der Waals surface area contributed by atoms with Gasteiger partial charge in [-0.05, 0) is 61.7 Å². The van der Waals surface area contributed by atoms with Gasteiger partial charge < -0.3 is 20.5 Å². The Morgan fingerprint density at radius 1 is 1.08 bits per heavy atom. The first-order valence-electron chi connectivity index (χ1n) is 7.97. The number of anilines is 1. The summed E-state index contributed by atoms with van der Waals surface area (Å²) in [5, 5.41) is 3.11. The van der Waals surface area contributed by atoms with E-state index in [2.05, 4.69) is 36.3 Å². The first kappa shape index (κ1) is 21.1. The van der Waals surface area contributed by atoms with Crippen LogP contribution in [0.1, 0.15) is 23.6 Å². The Morgan fingerprint density at radius 3 is 2.48 bits per heavy atom. The van der Waals surface area contributed by atoms with Gasteiger partial charge in [0, 0.05) is 5.69 Å². The summed E-state index contributed by atoms with van der Waals surface area (Å²) >= 11 is 0. The Kier molecular flexibility index (Phi) is 8.54. The van der Waals surface area contributed by atoms with E-state index in [0.29, 0.717) is 24.9 Å². The Hall–Kier alpha value is -1.96. The van der Waals surface area contributed by atoms with Gasteiger partial charge in [-0.15, -0.1) is 24.0 Å². The summed E-state index contributed by atoms with van der Waals surface area (Å²) in [4.78, 5) is 4.38. The van der Waals surface area contributed by atoms with Gasteiger partial charge in [-0.25, -0.2) is 4.99 Å². The van der Waals surface area contributed by atoms with E-state index in [1.165, 1.54) is 11.1 Å². The summed E-state index contributed by atoms with van der Waals surface area (Å²) in [6, 6.07) is 11.9. The standard InChI is InChI=1S/C19H25N3O2.HI/c1-5-24-17-9-7-15(11-18(17)23-4)12-21-19(20)22-16-8-6-13(2)14(3)10-16;/h6-11H,5,12H2,1-4H3,(H3,20,21,22);1H. The van der Waals surface area contributed by atoms with E-state index in [1.807, 2.05) is 31.2 Å². The second kappa shape index (κ2) is 10.1. The molecule has 0 aliphatic heterocycles. The number of rotatable bonds is 6. The van der Waals surface area contributed by atoms with Crippen molar-refractivity contribution >= 4 is 35.6 Å². The largest absolute Gasteiger partial charge is 0.493 e. The van der Waals surface area contributed by atoms with Crippen LogP contribution in [0.25, 0.3) is 0 Å². The fraction of sp³-hybridized carbons (Fsp3) is 0.316. The predicted octanol–water partition coefficient (Wildman–Crippen LogP) is 4.26. The van der Waals surface area contributed by atoms with Gasteiger partial charge in [-0.1, -0.05) is 12.1 Å². The summed E-state index contributed by atoms with van der Waals surface area (Å²) in [6.45, 7) is 7.15. The highest BCUT2D eigenvalue weighted by molar-refractivity contribution is 14.0. The molecule has 0 amide bonds. The lowest BCUT2D eigenvalue weighted by atomic mass is 10.1. The number of hydrogen-bond acceptors (Lipinski definition) is 3. The minimum Gasteiger partial charge on any atom is -0.493 e. The number of nitrogens with zero attached hydrogens (tertiary/aromatic N) is 1. The molecule has 3 N–H and O–H groups in total. The van der Waals surface area contributed by atoms with Gasteiger partial charge in [0.25, 0.3) is 0 Å². The van der Waals surface area contributed by atoms with E-state index in [9.17, 15) is 0 Å². The van der Waals surface area contributed by atoms with Crippen LogP contribution in [-0.2, 0) is 6.54 Å². The van der Waals surface area contributed by atoms with Crippen LogP contribution in [-0.4, -0.2) is 19.7 Å². The normalized spacial score (nSPS) is 10.8. The molecule has 5 nitrogen and oxygen atoms in total. The van der Waals surface area contributed by atoms with Crippen LogP contribution >= 0.6 is 24.0 Å². The van der Waals surface area contributed by atoms with Gasteiger partial charge >= 0.3 is 0 Å². The zero-order valence-electron chi connectivity index (χ0n) is 15.1. The molecule has 0 heterocycles. The maximum absolute atomic E-state index is 5.97. The number of halogens is 1. The average molecular weight is 455 g/mol. The molecule has 0 fully saturated rings. The van der Waals surface area contributed by atoms with Crippen LogP contribution in [0.3, 0.4) is 0 Å². The highest BCUT2D eigenvalue weighted by atomic mass is 127. The van der Waals surface area contributed by atoms with E-state index >= 15 is 0 Å². The Bertz CT molecular complexity index is 733. The van der Waals surface area contributed by atoms with Crippen LogP contribution in [0.2, 0.25) is 0 Å². The lowest BCUT2D eigenvalue weighted by Crippen LogP contribution is -2.22. The van der Waals surface area contributed by atoms with Crippen molar-refractivity contribution in [3.05, 3.63) is 53.1 Å². The molecular weight excluding hydrogens is 429 g/mol. The summed E-state index contributed by atoms with van der Waals surface area (Å²) in [6.07, 6.45) is 0. The Morgan fingerprint density at radius 2 is 1.84 bits per heavy atom. The summed E-state index contributed by atoms with van der Waals surface area (Å²) < 4.78 is 10.9. The predicted molar refractivity (Wildman–Crippen MR) is 114 cm³/mol. The Labute approximate surface area is 166 Å². The number of aryl methyl sites for hydroxylation is 2. The van der Waals surface area contributed by atoms with Crippen molar-refractivity contribution in [2.24, 2.45) is 10.7 Å². The molecule has 0 atom stereocenters. The molecule has 0 aliphatic rings. The third-order valence-corrected chi connectivity index (χ3v) is 3.74. The van der Waals surface area contributed by atoms with Gasteiger partial charge in [0.05, 0.1) is 20.3 Å². The maximum Gasteiger partial charge on any atom is 0.193 e. The van der Waals surface area contributed by atoms with Gasteiger partial charge in [0.15, 0.2) is 17.5 Å².